The third-order valence-corrected chi connectivity index (χ3v) is 4.14. The minimum Gasteiger partial charge on any atom is -0.330 e. The first-order chi connectivity index (χ1) is 6.22. The first-order valence-electron chi connectivity index (χ1n) is 5.54. The van der Waals surface area contributed by atoms with Crippen LogP contribution in [0.15, 0.2) is 0 Å². The van der Waals surface area contributed by atoms with Crippen LogP contribution in [-0.2, 0) is 0 Å². The largest absolute Gasteiger partial charge is 0.330 e. The highest BCUT2D eigenvalue weighted by Gasteiger charge is 2.22. The van der Waals surface area contributed by atoms with Crippen LogP contribution in [0.25, 0.3) is 0 Å². The van der Waals surface area contributed by atoms with E-state index in [4.69, 9.17) is 5.73 Å². The van der Waals surface area contributed by atoms with Crippen molar-refractivity contribution >= 4 is 11.8 Å². The number of rotatable bonds is 4. The molecule has 2 N–H and O–H groups in total. The number of hydrogen-bond donors (Lipinski definition) is 1. The molecule has 13 heavy (non-hydrogen) atoms. The molecule has 1 heterocycles. The van der Waals surface area contributed by atoms with Crippen molar-refractivity contribution in [2.24, 2.45) is 17.6 Å². The summed E-state index contributed by atoms with van der Waals surface area (Å²) < 4.78 is 0. The summed E-state index contributed by atoms with van der Waals surface area (Å²) in [6.07, 6.45) is 5.49. The van der Waals surface area contributed by atoms with Crippen molar-refractivity contribution < 1.29 is 0 Å². The predicted octanol–water partition coefficient (Wildman–Crippen LogP) is 2.89. The first kappa shape index (κ1) is 11.4. The van der Waals surface area contributed by atoms with Gasteiger partial charge < -0.3 is 5.73 Å². The Balaban J connectivity index is 2.24. The van der Waals surface area contributed by atoms with Gasteiger partial charge in [-0.2, -0.15) is 11.8 Å². The van der Waals surface area contributed by atoms with E-state index in [1.165, 1.54) is 31.4 Å². The van der Waals surface area contributed by atoms with Gasteiger partial charge in [0.15, 0.2) is 0 Å². The molecular formula is C11H23NS. The number of hydrogen-bond acceptors (Lipinski definition) is 2. The highest BCUT2D eigenvalue weighted by molar-refractivity contribution is 7.99. The minimum absolute atomic E-state index is 0.863. The summed E-state index contributed by atoms with van der Waals surface area (Å²) in [7, 11) is 0. The monoisotopic (exact) mass is 201 g/mol. The minimum atomic E-state index is 0.863. The molecule has 0 aromatic heterocycles. The van der Waals surface area contributed by atoms with Crippen molar-refractivity contribution in [2.45, 2.75) is 44.8 Å². The normalized spacial score (nSPS) is 29.5. The van der Waals surface area contributed by atoms with Gasteiger partial charge in [0.05, 0.1) is 0 Å². The molecule has 1 rings (SSSR count). The van der Waals surface area contributed by atoms with Gasteiger partial charge in [-0.3, -0.25) is 0 Å². The van der Waals surface area contributed by atoms with Crippen LogP contribution in [0.3, 0.4) is 0 Å². The van der Waals surface area contributed by atoms with E-state index in [0.717, 1.165) is 23.6 Å². The standard InChI is InChI=1S/C11H23NS/c1-9(2)7-10-4-6-13-11(8-10)3-5-12/h9-11H,3-8,12H2,1-2H3. The van der Waals surface area contributed by atoms with Gasteiger partial charge >= 0.3 is 0 Å². The van der Waals surface area contributed by atoms with E-state index in [1.807, 2.05) is 0 Å². The lowest BCUT2D eigenvalue weighted by Gasteiger charge is -2.29. The second-order valence-corrected chi connectivity index (χ2v) is 6.00. The molecule has 0 aliphatic carbocycles. The molecule has 1 nitrogen and oxygen atoms in total. The van der Waals surface area contributed by atoms with Gasteiger partial charge in [-0.25, -0.2) is 0 Å². The topological polar surface area (TPSA) is 26.0 Å². The Kier molecular flexibility index (Phi) is 5.18. The molecule has 0 radical (unpaired) electrons. The zero-order chi connectivity index (χ0) is 9.68. The van der Waals surface area contributed by atoms with Gasteiger partial charge in [-0.1, -0.05) is 13.8 Å². The van der Waals surface area contributed by atoms with Crippen LogP contribution in [0, 0.1) is 11.8 Å². The van der Waals surface area contributed by atoms with Crippen molar-refractivity contribution in [1.29, 1.82) is 0 Å². The molecule has 2 unspecified atom stereocenters. The van der Waals surface area contributed by atoms with E-state index < -0.39 is 0 Å². The lowest BCUT2D eigenvalue weighted by molar-refractivity contribution is 0.363. The van der Waals surface area contributed by atoms with Crippen LogP contribution < -0.4 is 5.73 Å². The van der Waals surface area contributed by atoms with Crippen LogP contribution in [0.2, 0.25) is 0 Å². The van der Waals surface area contributed by atoms with Gasteiger partial charge in [-0.15, -0.1) is 0 Å². The summed E-state index contributed by atoms with van der Waals surface area (Å²) in [6, 6.07) is 0. The lowest BCUT2D eigenvalue weighted by Crippen LogP contribution is -2.22. The summed E-state index contributed by atoms with van der Waals surface area (Å²) in [5.74, 6) is 3.21. The van der Waals surface area contributed by atoms with Crippen LogP contribution in [0.5, 0.6) is 0 Å². The average molecular weight is 201 g/mol. The van der Waals surface area contributed by atoms with Gasteiger partial charge in [0.1, 0.15) is 0 Å². The third-order valence-electron chi connectivity index (χ3n) is 2.77. The summed E-state index contributed by atoms with van der Waals surface area (Å²) in [5, 5.41) is 0.863. The maximum Gasteiger partial charge on any atom is 0.00616 e. The molecular weight excluding hydrogens is 178 g/mol. The Hall–Kier alpha value is 0.310. The van der Waals surface area contributed by atoms with Gasteiger partial charge in [0.2, 0.25) is 0 Å². The van der Waals surface area contributed by atoms with Crippen molar-refractivity contribution in [1.82, 2.24) is 0 Å². The molecule has 0 amide bonds. The van der Waals surface area contributed by atoms with E-state index in [1.54, 1.807) is 0 Å². The molecule has 0 spiro atoms. The van der Waals surface area contributed by atoms with E-state index in [9.17, 15) is 0 Å². The molecule has 1 fully saturated rings. The van der Waals surface area contributed by atoms with Gasteiger partial charge in [0, 0.05) is 5.25 Å². The highest BCUT2D eigenvalue weighted by Crippen LogP contribution is 2.34. The van der Waals surface area contributed by atoms with Gasteiger partial charge in [0.25, 0.3) is 0 Å². The molecule has 2 heteroatoms. The predicted molar refractivity (Wildman–Crippen MR) is 62.1 cm³/mol. The molecule has 1 saturated heterocycles. The van der Waals surface area contributed by atoms with Crippen molar-refractivity contribution in [3.8, 4) is 0 Å². The smallest absolute Gasteiger partial charge is 0.00616 e. The molecule has 0 saturated carbocycles. The summed E-state index contributed by atoms with van der Waals surface area (Å²) in [4.78, 5) is 0. The Bertz CT molecular complexity index is 134. The molecule has 1 aliphatic heterocycles. The molecule has 78 valence electrons. The molecule has 1 aliphatic rings. The Labute approximate surface area is 86.8 Å². The summed E-state index contributed by atoms with van der Waals surface area (Å²) in [6.45, 7) is 5.53. The van der Waals surface area contributed by atoms with E-state index in [2.05, 4.69) is 25.6 Å². The van der Waals surface area contributed by atoms with E-state index in [-0.39, 0.29) is 0 Å². The summed E-state index contributed by atoms with van der Waals surface area (Å²) >= 11 is 2.14. The fourth-order valence-corrected chi connectivity index (χ4v) is 3.74. The average Bonchev–Trinajstić information content (AvgIpc) is 2.04. The Morgan fingerprint density at radius 1 is 1.46 bits per heavy atom. The Morgan fingerprint density at radius 2 is 2.23 bits per heavy atom. The van der Waals surface area contributed by atoms with Crippen molar-refractivity contribution in [2.75, 3.05) is 12.3 Å². The number of thioether (sulfide) groups is 1. The van der Waals surface area contributed by atoms with Crippen LogP contribution in [0.1, 0.15) is 39.5 Å². The molecule has 0 bridgehead atoms. The summed E-state index contributed by atoms with van der Waals surface area (Å²) in [5.41, 5.74) is 5.59. The van der Waals surface area contributed by atoms with Crippen LogP contribution >= 0.6 is 11.8 Å². The molecule has 0 aromatic carbocycles. The van der Waals surface area contributed by atoms with E-state index >= 15 is 0 Å². The maximum absolute atomic E-state index is 5.59. The SMILES string of the molecule is CC(C)CC1CCSC(CCN)C1. The second kappa shape index (κ2) is 5.92. The van der Waals surface area contributed by atoms with Crippen molar-refractivity contribution in [3.63, 3.8) is 0 Å². The van der Waals surface area contributed by atoms with Crippen molar-refractivity contribution in [3.05, 3.63) is 0 Å². The van der Waals surface area contributed by atoms with Crippen LogP contribution in [0.4, 0.5) is 0 Å². The molecule has 0 aromatic rings. The van der Waals surface area contributed by atoms with Gasteiger partial charge in [-0.05, 0) is 49.8 Å². The lowest BCUT2D eigenvalue weighted by atomic mass is 9.89. The zero-order valence-corrected chi connectivity index (χ0v) is 9.78. The highest BCUT2D eigenvalue weighted by atomic mass is 32.2. The van der Waals surface area contributed by atoms with E-state index in [0.29, 0.717) is 0 Å². The fourth-order valence-electron chi connectivity index (χ4n) is 2.23. The fraction of sp³-hybridized carbons (Fsp3) is 1.00. The number of nitrogens with two attached hydrogens (primary N) is 1. The van der Waals surface area contributed by atoms with Crippen LogP contribution in [-0.4, -0.2) is 17.5 Å². The maximum atomic E-state index is 5.59. The first-order valence-corrected chi connectivity index (χ1v) is 6.59. The zero-order valence-electron chi connectivity index (χ0n) is 8.96. The quantitative estimate of drug-likeness (QED) is 0.757. The third kappa shape index (κ3) is 4.37. The molecule has 2 atom stereocenters. The Morgan fingerprint density at radius 3 is 2.85 bits per heavy atom. The second-order valence-electron chi connectivity index (χ2n) is 4.59.